The lowest BCUT2D eigenvalue weighted by Crippen LogP contribution is -2.45. The van der Waals surface area contributed by atoms with Gasteiger partial charge in [0.05, 0.1) is 6.61 Å². The van der Waals surface area contributed by atoms with Gasteiger partial charge in [-0.15, -0.1) is 0 Å². The molecule has 0 aliphatic carbocycles. The van der Waals surface area contributed by atoms with Crippen LogP contribution in [-0.2, 0) is 10.2 Å². The zero-order valence-corrected chi connectivity index (χ0v) is 9.50. The molecule has 1 aliphatic rings. The van der Waals surface area contributed by atoms with E-state index in [2.05, 4.69) is 0 Å². The maximum absolute atomic E-state index is 11.9. The fourth-order valence-electron chi connectivity index (χ4n) is 1.64. The standard InChI is InChI=1S/C8H18N2O3S/c1-3-9(2)14(12,13)10-6-4-5-8(10)7-11/h8,11H,3-7H2,1-2H3/t8-/m1/s1. The van der Waals surface area contributed by atoms with E-state index < -0.39 is 10.2 Å². The Labute approximate surface area is 85.5 Å². The van der Waals surface area contributed by atoms with Gasteiger partial charge in [-0.2, -0.15) is 17.0 Å². The molecule has 0 saturated carbocycles. The zero-order chi connectivity index (χ0) is 10.8. The Balaban J connectivity index is 2.81. The molecule has 0 spiro atoms. The van der Waals surface area contributed by atoms with E-state index in [1.165, 1.54) is 8.61 Å². The first-order valence-corrected chi connectivity index (χ1v) is 6.27. The van der Waals surface area contributed by atoms with Crippen LogP contribution in [0.4, 0.5) is 0 Å². The third-order valence-electron chi connectivity index (χ3n) is 2.67. The summed E-state index contributed by atoms with van der Waals surface area (Å²) in [6.07, 6.45) is 1.59. The van der Waals surface area contributed by atoms with E-state index in [9.17, 15) is 8.42 Å². The summed E-state index contributed by atoms with van der Waals surface area (Å²) >= 11 is 0. The van der Waals surface area contributed by atoms with E-state index >= 15 is 0 Å². The van der Waals surface area contributed by atoms with E-state index in [0.717, 1.165) is 12.8 Å². The SMILES string of the molecule is CCN(C)S(=O)(=O)N1CCC[C@@H]1CO. The molecule has 1 N–H and O–H groups in total. The number of hydrogen-bond acceptors (Lipinski definition) is 3. The van der Waals surface area contributed by atoms with Crippen molar-refractivity contribution < 1.29 is 13.5 Å². The Morgan fingerprint density at radius 1 is 1.57 bits per heavy atom. The average Bonchev–Trinajstić information content (AvgIpc) is 2.64. The van der Waals surface area contributed by atoms with Crippen LogP contribution in [0.1, 0.15) is 19.8 Å². The number of aliphatic hydroxyl groups is 1. The molecule has 5 nitrogen and oxygen atoms in total. The molecule has 1 atom stereocenters. The van der Waals surface area contributed by atoms with Gasteiger partial charge in [0.25, 0.3) is 10.2 Å². The highest BCUT2D eigenvalue weighted by Gasteiger charge is 2.35. The van der Waals surface area contributed by atoms with Crippen molar-refractivity contribution in [1.29, 1.82) is 0 Å². The topological polar surface area (TPSA) is 60.9 Å². The van der Waals surface area contributed by atoms with Gasteiger partial charge in [0, 0.05) is 26.2 Å². The van der Waals surface area contributed by atoms with E-state index in [-0.39, 0.29) is 12.6 Å². The van der Waals surface area contributed by atoms with Gasteiger partial charge in [0.2, 0.25) is 0 Å². The molecular formula is C8H18N2O3S. The van der Waals surface area contributed by atoms with E-state index in [1.807, 2.05) is 0 Å². The van der Waals surface area contributed by atoms with Crippen molar-refractivity contribution in [2.75, 3.05) is 26.7 Å². The summed E-state index contributed by atoms with van der Waals surface area (Å²) in [6, 6.07) is -0.228. The molecule has 84 valence electrons. The quantitative estimate of drug-likeness (QED) is 0.706. The fraction of sp³-hybridized carbons (Fsp3) is 1.00. The van der Waals surface area contributed by atoms with Gasteiger partial charge in [-0.3, -0.25) is 0 Å². The third-order valence-corrected chi connectivity index (χ3v) is 4.79. The first-order chi connectivity index (χ1) is 6.54. The normalized spacial score (nSPS) is 24.7. The molecule has 1 aliphatic heterocycles. The molecule has 0 radical (unpaired) electrons. The van der Waals surface area contributed by atoms with Gasteiger partial charge < -0.3 is 5.11 Å². The van der Waals surface area contributed by atoms with Crippen LogP contribution in [0.3, 0.4) is 0 Å². The summed E-state index contributed by atoms with van der Waals surface area (Å²) in [5, 5.41) is 9.03. The lowest BCUT2D eigenvalue weighted by atomic mass is 10.2. The van der Waals surface area contributed by atoms with Crippen LogP contribution < -0.4 is 0 Å². The van der Waals surface area contributed by atoms with Gasteiger partial charge in [0.15, 0.2) is 0 Å². The van der Waals surface area contributed by atoms with Gasteiger partial charge >= 0.3 is 0 Å². The highest BCUT2D eigenvalue weighted by atomic mass is 32.2. The molecule has 1 heterocycles. The van der Waals surface area contributed by atoms with Gasteiger partial charge in [-0.25, -0.2) is 0 Å². The van der Waals surface area contributed by atoms with Crippen LogP contribution in [0.2, 0.25) is 0 Å². The highest BCUT2D eigenvalue weighted by Crippen LogP contribution is 2.21. The minimum absolute atomic E-state index is 0.0865. The van der Waals surface area contributed by atoms with Crippen molar-refractivity contribution >= 4 is 10.2 Å². The average molecular weight is 222 g/mol. The van der Waals surface area contributed by atoms with Crippen molar-refractivity contribution in [3.05, 3.63) is 0 Å². The Morgan fingerprint density at radius 3 is 2.71 bits per heavy atom. The molecule has 1 saturated heterocycles. The van der Waals surface area contributed by atoms with Crippen LogP contribution in [0.5, 0.6) is 0 Å². The van der Waals surface area contributed by atoms with E-state index in [0.29, 0.717) is 13.1 Å². The number of hydrogen-bond donors (Lipinski definition) is 1. The predicted octanol–water partition coefficient (Wildman–Crippen LogP) is -0.360. The smallest absolute Gasteiger partial charge is 0.282 e. The molecule has 14 heavy (non-hydrogen) atoms. The van der Waals surface area contributed by atoms with Gasteiger partial charge in [0.1, 0.15) is 0 Å². The van der Waals surface area contributed by atoms with Crippen molar-refractivity contribution in [1.82, 2.24) is 8.61 Å². The highest BCUT2D eigenvalue weighted by molar-refractivity contribution is 7.86. The molecule has 0 aromatic carbocycles. The Kier molecular flexibility index (Phi) is 3.88. The summed E-state index contributed by atoms with van der Waals surface area (Å²) in [5.74, 6) is 0. The monoisotopic (exact) mass is 222 g/mol. The van der Waals surface area contributed by atoms with E-state index in [1.54, 1.807) is 14.0 Å². The maximum Gasteiger partial charge on any atom is 0.282 e. The molecule has 0 amide bonds. The van der Waals surface area contributed by atoms with Crippen LogP contribution in [-0.4, -0.2) is 54.9 Å². The van der Waals surface area contributed by atoms with Gasteiger partial charge in [-0.05, 0) is 12.8 Å². The molecule has 0 aromatic rings. The molecular weight excluding hydrogens is 204 g/mol. The summed E-state index contributed by atoms with van der Waals surface area (Å²) in [5.41, 5.74) is 0. The first kappa shape index (κ1) is 11.9. The minimum atomic E-state index is -3.34. The minimum Gasteiger partial charge on any atom is -0.395 e. The Bertz CT molecular complexity index is 278. The van der Waals surface area contributed by atoms with Crippen LogP contribution in [0.25, 0.3) is 0 Å². The number of aliphatic hydroxyl groups excluding tert-OH is 1. The largest absolute Gasteiger partial charge is 0.395 e. The molecule has 1 rings (SSSR count). The van der Waals surface area contributed by atoms with Crippen molar-refractivity contribution in [3.8, 4) is 0 Å². The summed E-state index contributed by atoms with van der Waals surface area (Å²) in [4.78, 5) is 0. The van der Waals surface area contributed by atoms with Crippen LogP contribution >= 0.6 is 0 Å². The van der Waals surface area contributed by atoms with Crippen molar-refractivity contribution in [2.45, 2.75) is 25.8 Å². The second-order valence-corrected chi connectivity index (χ2v) is 5.50. The molecule has 6 heteroatoms. The summed E-state index contributed by atoms with van der Waals surface area (Å²) < 4.78 is 26.5. The second-order valence-electron chi connectivity index (χ2n) is 3.51. The maximum atomic E-state index is 11.9. The lowest BCUT2D eigenvalue weighted by Gasteiger charge is -2.27. The zero-order valence-electron chi connectivity index (χ0n) is 8.68. The number of nitrogens with zero attached hydrogens (tertiary/aromatic N) is 2. The van der Waals surface area contributed by atoms with Crippen molar-refractivity contribution in [2.24, 2.45) is 0 Å². The van der Waals surface area contributed by atoms with Crippen LogP contribution in [0.15, 0.2) is 0 Å². The molecule has 0 bridgehead atoms. The summed E-state index contributed by atoms with van der Waals surface area (Å²) in [6.45, 7) is 2.69. The van der Waals surface area contributed by atoms with Gasteiger partial charge in [-0.1, -0.05) is 6.92 Å². The molecule has 0 unspecified atom stereocenters. The first-order valence-electron chi connectivity index (χ1n) is 4.88. The van der Waals surface area contributed by atoms with E-state index in [4.69, 9.17) is 5.11 Å². The lowest BCUT2D eigenvalue weighted by molar-refractivity contribution is 0.208. The van der Waals surface area contributed by atoms with Crippen LogP contribution in [0, 0.1) is 0 Å². The number of rotatable bonds is 4. The van der Waals surface area contributed by atoms with Crippen molar-refractivity contribution in [3.63, 3.8) is 0 Å². The fourth-order valence-corrected chi connectivity index (χ4v) is 3.23. The third kappa shape index (κ3) is 2.08. The predicted molar refractivity (Wildman–Crippen MR) is 54.0 cm³/mol. The molecule has 0 aromatic heterocycles. The molecule has 1 fully saturated rings. The summed E-state index contributed by atoms with van der Waals surface area (Å²) in [7, 11) is -1.79. The second kappa shape index (κ2) is 4.57. The Morgan fingerprint density at radius 2 is 2.21 bits per heavy atom. The Hall–Kier alpha value is -0.170.